The first-order valence-electron chi connectivity index (χ1n) is 9.82. The van der Waals surface area contributed by atoms with Crippen LogP contribution in [0.4, 0.5) is 0 Å². The highest BCUT2D eigenvalue weighted by molar-refractivity contribution is 6.30. The Labute approximate surface area is 162 Å². The molecule has 26 heavy (non-hydrogen) atoms. The molecule has 5 heteroatoms. The zero-order valence-corrected chi connectivity index (χ0v) is 16.8. The van der Waals surface area contributed by atoms with Gasteiger partial charge in [0.1, 0.15) is 0 Å². The number of carbonyl (C=O) groups excluding carboxylic acids is 1. The molecule has 0 aromatic heterocycles. The van der Waals surface area contributed by atoms with Crippen LogP contribution in [-0.2, 0) is 14.9 Å². The Hall–Kier alpha value is -1.10. The normalized spacial score (nSPS) is 20.5. The summed E-state index contributed by atoms with van der Waals surface area (Å²) >= 11 is 6.10. The second kappa shape index (κ2) is 8.73. The van der Waals surface area contributed by atoms with E-state index in [-0.39, 0.29) is 5.41 Å². The topological polar surface area (TPSA) is 32.8 Å². The van der Waals surface area contributed by atoms with Crippen molar-refractivity contribution in [2.75, 3.05) is 40.4 Å². The van der Waals surface area contributed by atoms with Crippen molar-refractivity contribution in [2.45, 2.75) is 50.0 Å². The molecule has 1 aromatic carbocycles. The summed E-state index contributed by atoms with van der Waals surface area (Å²) in [6.45, 7) is 3.18. The average Bonchev–Trinajstić information content (AvgIpc) is 3.14. The monoisotopic (exact) mass is 378 g/mol. The number of carbonyl (C=O) groups is 1. The van der Waals surface area contributed by atoms with Gasteiger partial charge in [-0.05, 0) is 57.5 Å². The Morgan fingerprint density at radius 2 is 1.73 bits per heavy atom. The molecule has 0 unspecified atom stereocenters. The third kappa shape index (κ3) is 4.24. The molecule has 1 amide bonds. The maximum atomic E-state index is 13.9. The first kappa shape index (κ1) is 19.7. The van der Waals surface area contributed by atoms with Crippen molar-refractivity contribution in [2.24, 2.45) is 0 Å². The van der Waals surface area contributed by atoms with Gasteiger partial charge in [0.05, 0.1) is 5.41 Å². The molecule has 144 valence electrons. The molecule has 1 aliphatic heterocycles. The third-order valence-corrected chi connectivity index (χ3v) is 6.20. The minimum Gasteiger partial charge on any atom is -0.381 e. The molecular formula is C21H31ClN2O2. The standard InChI is InChI=1S/C21H31ClN2O2/c1-23(2)13-14-24(19-9-15-26-16-10-19)20(25)21(11-3-4-12-21)17-5-7-18(22)8-6-17/h5-8,19H,3-4,9-16H2,1-2H3. The number of hydrogen-bond donors (Lipinski definition) is 0. The van der Waals surface area contributed by atoms with Crippen LogP contribution in [0.5, 0.6) is 0 Å². The van der Waals surface area contributed by atoms with E-state index >= 15 is 0 Å². The van der Waals surface area contributed by atoms with Crippen molar-refractivity contribution in [1.29, 1.82) is 0 Å². The van der Waals surface area contributed by atoms with E-state index in [2.05, 4.69) is 36.0 Å². The number of benzene rings is 1. The van der Waals surface area contributed by atoms with Gasteiger partial charge < -0.3 is 14.5 Å². The smallest absolute Gasteiger partial charge is 0.233 e. The zero-order valence-electron chi connectivity index (χ0n) is 16.0. The highest BCUT2D eigenvalue weighted by Gasteiger charge is 2.46. The summed E-state index contributed by atoms with van der Waals surface area (Å²) in [7, 11) is 4.13. The summed E-state index contributed by atoms with van der Waals surface area (Å²) in [5.74, 6) is 0.311. The van der Waals surface area contributed by atoms with E-state index in [0.29, 0.717) is 11.9 Å². The molecule has 4 nitrogen and oxygen atoms in total. The summed E-state index contributed by atoms with van der Waals surface area (Å²) < 4.78 is 5.54. The molecule has 2 aliphatic rings. The van der Waals surface area contributed by atoms with E-state index in [9.17, 15) is 4.79 Å². The van der Waals surface area contributed by atoms with Gasteiger partial charge in [-0.25, -0.2) is 0 Å². The fraction of sp³-hybridized carbons (Fsp3) is 0.667. The van der Waals surface area contributed by atoms with Gasteiger partial charge in [0.2, 0.25) is 5.91 Å². The first-order valence-corrected chi connectivity index (χ1v) is 10.2. The lowest BCUT2D eigenvalue weighted by Crippen LogP contribution is -2.53. The number of halogens is 1. The maximum Gasteiger partial charge on any atom is 0.233 e. The Kier molecular flexibility index (Phi) is 6.60. The summed E-state index contributed by atoms with van der Waals surface area (Å²) in [5, 5.41) is 0.725. The van der Waals surface area contributed by atoms with Crippen LogP contribution in [0.1, 0.15) is 44.1 Å². The lowest BCUT2D eigenvalue weighted by atomic mass is 9.77. The summed E-state index contributed by atoms with van der Waals surface area (Å²) in [6, 6.07) is 8.24. The summed E-state index contributed by atoms with van der Waals surface area (Å²) in [4.78, 5) is 18.2. The highest BCUT2D eigenvalue weighted by atomic mass is 35.5. The van der Waals surface area contributed by atoms with E-state index in [0.717, 1.165) is 75.4 Å². The molecule has 2 fully saturated rings. The Balaban J connectivity index is 1.89. The lowest BCUT2D eigenvalue weighted by Gasteiger charge is -2.41. The largest absolute Gasteiger partial charge is 0.381 e. The van der Waals surface area contributed by atoms with Crippen LogP contribution < -0.4 is 0 Å². The van der Waals surface area contributed by atoms with Gasteiger partial charge in [-0.3, -0.25) is 4.79 Å². The minimum absolute atomic E-state index is 0.293. The molecule has 0 atom stereocenters. The molecule has 3 rings (SSSR count). The highest BCUT2D eigenvalue weighted by Crippen LogP contribution is 2.43. The number of ether oxygens (including phenoxy) is 1. The van der Waals surface area contributed by atoms with E-state index in [4.69, 9.17) is 16.3 Å². The molecule has 1 aromatic rings. The second-order valence-electron chi connectivity index (χ2n) is 7.94. The Bertz CT molecular complexity index is 591. The quantitative estimate of drug-likeness (QED) is 0.756. The van der Waals surface area contributed by atoms with Gasteiger partial charge in [0, 0.05) is 37.4 Å². The molecule has 1 saturated heterocycles. The van der Waals surface area contributed by atoms with Crippen LogP contribution in [0.2, 0.25) is 5.02 Å². The number of likely N-dealkylation sites (N-methyl/N-ethyl adjacent to an activating group) is 1. The van der Waals surface area contributed by atoms with Crippen LogP contribution in [0.25, 0.3) is 0 Å². The molecule has 0 radical (unpaired) electrons. The van der Waals surface area contributed by atoms with Crippen molar-refractivity contribution in [3.63, 3.8) is 0 Å². The van der Waals surface area contributed by atoms with Crippen LogP contribution >= 0.6 is 11.6 Å². The first-order chi connectivity index (χ1) is 12.5. The molecule has 0 spiro atoms. The maximum absolute atomic E-state index is 13.9. The molecule has 1 saturated carbocycles. The predicted molar refractivity (Wildman–Crippen MR) is 106 cm³/mol. The van der Waals surface area contributed by atoms with Gasteiger partial charge >= 0.3 is 0 Å². The fourth-order valence-corrected chi connectivity index (χ4v) is 4.53. The molecule has 0 N–H and O–H groups in total. The number of nitrogens with zero attached hydrogens (tertiary/aromatic N) is 2. The van der Waals surface area contributed by atoms with Crippen LogP contribution in [0, 0.1) is 0 Å². The van der Waals surface area contributed by atoms with Crippen molar-refractivity contribution in [3.8, 4) is 0 Å². The number of rotatable bonds is 6. The van der Waals surface area contributed by atoms with E-state index in [1.54, 1.807) is 0 Å². The van der Waals surface area contributed by atoms with Gasteiger partial charge in [-0.15, -0.1) is 0 Å². The minimum atomic E-state index is -0.380. The van der Waals surface area contributed by atoms with Crippen molar-refractivity contribution < 1.29 is 9.53 Å². The molecule has 1 aliphatic carbocycles. The fourth-order valence-electron chi connectivity index (χ4n) is 4.40. The lowest BCUT2D eigenvalue weighted by molar-refractivity contribution is -0.142. The molecule has 1 heterocycles. The number of hydrogen-bond acceptors (Lipinski definition) is 3. The van der Waals surface area contributed by atoms with Crippen LogP contribution in [0.15, 0.2) is 24.3 Å². The van der Waals surface area contributed by atoms with Gasteiger partial charge in [-0.1, -0.05) is 36.6 Å². The second-order valence-corrected chi connectivity index (χ2v) is 8.38. The zero-order chi connectivity index (χ0) is 18.6. The van der Waals surface area contributed by atoms with Crippen molar-refractivity contribution in [3.05, 3.63) is 34.9 Å². The number of amides is 1. The predicted octanol–water partition coefficient (Wildman–Crippen LogP) is 3.72. The van der Waals surface area contributed by atoms with Crippen LogP contribution in [0.3, 0.4) is 0 Å². The van der Waals surface area contributed by atoms with Crippen molar-refractivity contribution in [1.82, 2.24) is 9.80 Å². The third-order valence-electron chi connectivity index (χ3n) is 5.94. The van der Waals surface area contributed by atoms with Gasteiger partial charge in [0.15, 0.2) is 0 Å². The van der Waals surface area contributed by atoms with E-state index in [1.165, 1.54) is 0 Å². The Morgan fingerprint density at radius 3 is 2.31 bits per heavy atom. The molecule has 0 bridgehead atoms. The SMILES string of the molecule is CN(C)CCN(C(=O)C1(c2ccc(Cl)cc2)CCCC1)C1CCOCC1. The Morgan fingerprint density at radius 1 is 1.12 bits per heavy atom. The van der Waals surface area contributed by atoms with E-state index < -0.39 is 0 Å². The molecular weight excluding hydrogens is 348 g/mol. The summed E-state index contributed by atoms with van der Waals surface area (Å²) in [6.07, 6.45) is 5.99. The summed E-state index contributed by atoms with van der Waals surface area (Å²) in [5.41, 5.74) is 0.751. The van der Waals surface area contributed by atoms with Gasteiger partial charge in [-0.2, -0.15) is 0 Å². The van der Waals surface area contributed by atoms with Crippen LogP contribution in [-0.4, -0.2) is 62.1 Å². The van der Waals surface area contributed by atoms with Gasteiger partial charge in [0.25, 0.3) is 0 Å². The van der Waals surface area contributed by atoms with Crippen molar-refractivity contribution >= 4 is 17.5 Å². The average molecular weight is 379 g/mol. The van der Waals surface area contributed by atoms with E-state index in [1.807, 2.05) is 12.1 Å².